The summed E-state index contributed by atoms with van der Waals surface area (Å²) in [5, 5.41) is 10.1. The predicted molar refractivity (Wildman–Crippen MR) is 100 cm³/mol. The van der Waals surface area contributed by atoms with E-state index in [1.54, 1.807) is 12.1 Å². The zero-order chi connectivity index (χ0) is 18.1. The Balaban J connectivity index is 0. The van der Waals surface area contributed by atoms with E-state index in [0.29, 0.717) is 5.92 Å². The number of benzene rings is 1. The molecule has 0 saturated carbocycles. The fourth-order valence-corrected chi connectivity index (χ4v) is 2.18. The second-order valence-corrected chi connectivity index (χ2v) is 6.02. The van der Waals surface area contributed by atoms with E-state index in [9.17, 15) is 4.39 Å². The van der Waals surface area contributed by atoms with Gasteiger partial charge in [-0.15, -0.1) is 0 Å². The van der Waals surface area contributed by atoms with Crippen LogP contribution in [0.2, 0.25) is 0 Å². The zero-order valence-corrected chi connectivity index (χ0v) is 16.0. The van der Waals surface area contributed by atoms with Gasteiger partial charge >= 0.3 is 0 Å². The average molecular weight is 328 g/mol. The molecule has 0 aliphatic rings. The van der Waals surface area contributed by atoms with Crippen molar-refractivity contribution in [3.63, 3.8) is 0 Å². The van der Waals surface area contributed by atoms with Crippen molar-refractivity contribution < 1.29 is 9.50 Å². The number of unbranched alkanes of at least 4 members (excludes halogenated alkanes) is 2. The first-order chi connectivity index (χ1) is 11.0. The molecule has 0 aliphatic heterocycles. The summed E-state index contributed by atoms with van der Waals surface area (Å²) in [6, 6.07) is 6.75. The quantitative estimate of drug-likeness (QED) is 0.629. The van der Waals surface area contributed by atoms with Crippen LogP contribution in [-0.2, 0) is 0 Å². The third kappa shape index (κ3) is 14.4. The van der Waals surface area contributed by atoms with Gasteiger partial charge in [0.15, 0.2) is 0 Å². The van der Waals surface area contributed by atoms with Crippen LogP contribution in [0, 0.1) is 11.7 Å². The van der Waals surface area contributed by atoms with Crippen molar-refractivity contribution in [2.24, 2.45) is 5.92 Å². The number of hydrogen-bond donors (Lipinski definition) is 2. The van der Waals surface area contributed by atoms with Crippen molar-refractivity contribution in [1.82, 2.24) is 5.32 Å². The van der Waals surface area contributed by atoms with Gasteiger partial charge in [0, 0.05) is 13.7 Å². The Kier molecular flexibility index (Phi) is 18.4. The van der Waals surface area contributed by atoms with Crippen LogP contribution in [0.15, 0.2) is 24.3 Å². The molecule has 0 saturated heterocycles. The third-order valence-corrected chi connectivity index (χ3v) is 3.93. The first-order valence-electron chi connectivity index (χ1n) is 8.89. The van der Waals surface area contributed by atoms with E-state index >= 15 is 0 Å². The molecule has 136 valence electrons. The summed E-state index contributed by atoms with van der Waals surface area (Å²) in [6.07, 6.45) is 7.00. The third-order valence-electron chi connectivity index (χ3n) is 3.93. The van der Waals surface area contributed by atoms with E-state index in [1.807, 2.05) is 13.1 Å². The van der Waals surface area contributed by atoms with Crippen LogP contribution in [-0.4, -0.2) is 25.8 Å². The van der Waals surface area contributed by atoms with Crippen LogP contribution < -0.4 is 5.32 Å². The van der Waals surface area contributed by atoms with Gasteiger partial charge < -0.3 is 10.4 Å². The molecule has 0 amide bonds. The molecule has 2 N–H and O–H groups in total. The number of nitrogens with one attached hydrogen (secondary N) is 1. The summed E-state index contributed by atoms with van der Waals surface area (Å²) in [4.78, 5) is 0. The number of rotatable bonds is 8. The van der Waals surface area contributed by atoms with Crippen LogP contribution in [0.1, 0.15) is 71.3 Å². The molecule has 23 heavy (non-hydrogen) atoms. The number of likely N-dealkylation sites (N-methyl/N-ethyl adjacent to an activating group) is 1. The molecule has 2 nitrogen and oxygen atoms in total. The second kappa shape index (κ2) is 17.4. The molecule has 0 fully saturated rings. The molecule has 1 unspecified atom stereocenters. The topological polar surface area (TPSA) is 32.3 Å². The van der Waals surface area contributed by atoms with Gasteiger partial charge in [0.1, 0.15) is 5.82 Å². The normalized spacial score (nSPS) is 12.3. The lowest BCUT2D eigenvalue weighted by Gasteiger charge is -2.10. The maximum Gasteiger partial charge on any atom is 0.123 e. The molecule has 0 aromatic heterocycles. The first-order valence-corrected chi connectivity index (χ1v) is 8.89. The molecule has 0 heterocycles. The molecular formula is C20H38FNO. The Labute approximate surface area is 143 Å². The Morgan fingerprint density at radius 3 is 2.26 bits per heavy atom. The van der Waals surface area contributed by atoms with E-state index in [4.69, 9.17) is 5.11 Å². The predicted octanol–water partition coefficient (Wildman–Crippen LogP) is 5.37. The van der Waals surface area contributed by atoms with E-state index in [0.717, 1.165) is 25.1 Å². The number of aliphatic hydroxyl groups excluding tert-OH is 1. The van der Waals surface area contributed by atoms with Crippen molar-refractivity contribution in [3.05, 3.63) is 35.6 Å². The summed E-state index contributed by atoms with van der Waals surface area (Å²) < 4.78 is 12.7. The van der Waals surface area contributed by atoms with Gasteiger partial charge in [-0.05, 0) is 36.6 Å². The lowest BCUT2D eigenvalue weighted by Crippen LogP contribution is -2.14. The highest BCUT2D eigenvalue weighted by Gasteiger charge is 2.03. The summed E-state index contributed by atoms with van der Waals surface area (Å²) in [7, 11) is 2.90. The molecule has 1 aromatic carbocycles. The van der Waals surface area contributed by atoms with Gasteiger partial charge in [-0.25, -0.2) is 4.39 Å². The van der Waals surface area contributed by atoms with E-state index in [-0.39, 0.29) is 5.82 Å². The molecule has 1 aromatic rings. The maximum absolute atomic E-state index is 12.7. The minimum atomic E-state index is -0.157. The number of halogens is 1. The summed E-state index contributed by atoms with van der Waals surface area (Å²) in [5.74, 6) is 1.16. The number of aliphatic hydroxyl groups is 1. The van der Waals surface area contributed by atoms with Gasteiger partial charge in [0.25, 0.3) is 0 Å². The molecule has 0 aliphatic carbocycles. The Bertz CT molecular complexity index is 357. The summed E-state index contributed by atoms with van der Waals surface area (Å²) >= 11 is 0. The van der Waals surface area contributed by atoms with Crippen molar-refractivity contribution in [1.29, 1.82) is 0 Å². The van der Waals surface area contributed by atoms with Crippen LogP contribution in [0.25, 0.3) is 0 Å². The zero-order valence-electron chi connectivity index (χ0n) is 16.0. The highest BCUT2D eigenvalue weighted by molar-refractivity contribution is 5.20. The molecule has 0 bridgehead atoms. The van der Waals surface area contributed by atoms with Crippen LogP contribution in [0.4, 0.5) is 4.39 Å². The molecule has 0 spiro atoms. The standard InChI is InChI=1S/C10H14FN.C9H20.CH4O/c1-8(7-12-2)9-4-3-5-10(11)6-9;1-4-6-7-8-9(3)5-2;1-2/h3-6,8,12H,7H2,1-2H3;9H,4-8H2,1-3H3;2H,1H3/t;9-;/m.0./s1. The molecule has 3 heteroatoms. The van der Waals surface area contributed by atoms with Crippen LogP contribution in [0.3, 0.4) is 0 Å². The van der Waals surface area contributed by atoms with Gasteiger partial charge in [-0.1, -0.05) is 71.9 Å². The highest BCUT2D eigenvalue weighted by atomic mass is 19.1. The Morgan fingerprint density at radius 1 is 1.13 bits per heavy atom. The van der Waals surface area contributed by atoms with Crippen molar-refractivity contribution >= 4 is 0 Å². The maximum atomic E-state index is 12.7. The molecular weight excluding hydrogens is 289 g/mol. The highest BCUT2D eigenvalue weighted by Crippen LogP contribution is 2.14. The van der Waals surface area contributed by atoms with Crippen molar-refractivity contribution in [3.8, 4) is 0 Å². The summed E-state index contributed by atoms with van der Waals surface area (Å²) in [5.41, 5.74) is 1.05. The van der Waals surface area contributed by atoms with E-state index < -0.39 is 0 Å². The fourth-order valence-electron chi connectivity index (χ4n) is 2.18. The lowest BCUT2D eigenvalue weighted by atomic mass is 10.0. The van der Waals surface area contributed by atoms with Gasteiger partial charge in [-0.2, -0.15) is 0 Å². The van der Waals surface area contributed by atoms with Crippen LogP contribution in [0.5, 0.6) is 0 Å². The van der Waals surface area contributed by atoms with Gasteiger partial charge in [-0.3, -0.25) is 0 Å². The fraction of sp³-hybridized carbons (Fsp3) is 0.700. The molecule has 1 rings (SSSR count). The minimum Gasteiger partial charge on any atom is -0.400 e. The van der Waals surface area contributed by atoms with Gasteiger partial charge in [0.2, 0.25) is 0 Å². The van der Waals surface area contributed by atoms with Gasteiger partial charge in [0.05, 0.1) is 0 Å². The molecule has 2 atom stereocenters. The van der Waals surface area contributed by atoms with Crippen LogP contribution >= 0.6 is 0 Å². The number of hydrogen-bond acceptors (Lipinski definition) is 2. The average Bonchev–Trinajstić information content (AvgIpc) is 2.57. The van der Waals surface area contributed by atoms with Crippen molar-refractivity contribution in [2.45, 2.75) is 65.7 Å². The smallest absolute Gasteiger partial charge is 0.123 e. The Morgan fingerprint density at radius 2 is 1.78 bits per heavy atom. The largest absolute Gasteiger partial charge is 0.400 e. The first kappa shape index (κ1) is 24.3. The SMILES string of the molecule is CCCCC[C@@H](C)CC.CNCC(C)c1cccc(F)c1.CO. The second-order valence-electron chi connectivity index (χ2n) is 6.02. The minimum absolute atomic E-state index is 0.157. The van der Waals surface area contributed by atoms with E-state index in [2.05, 4.69) is 33.0 Å². The lowest BCUT2D eigenvalue weighted by molar-refractivity contribution is 0.399. The summed E-state index contributed by atoms with van der Waals surface area (Å²) in [6.45, 7) is 9.83. The monoisotopic (exact) mass is 327 g/mol. The Hall–Kier alpha value is -0.930. The van der Waals surface area contributed by atoms with Crippen molar-refractivity contribution in [2.75, 3.05) is 20.7 Å². The molecule has 0 radical (unpaired) electrons. The van der Waals surface area contributed by atoms with E-state index in [1.165, 1.54) is 38.2 Å².